The molecule has 152 valence electrons. The summed E-state index contributed by atoms with van der Waals surface area (Å²) in [6.07, 6.45) is 0. The smallest absolute Gasteiger partial charge is 0.241 e. The number of rotatable bonds is 8. The second kappa shape index (κ2) is 8.82. The second-order valence-corrected chi connectivity index (χ2v) is 9.50. The summed E-state index contributed by atoms with van der Waals surface area (Å²) in [5.74, 6) is 1.13. The number of hydrogen-bond acceptors (Lipinski definition) is 5. The van der Waals surface area contributed by atoms with Gasteiger partial charge in [0.05, 0.1) is 11.4 Å². The summed E-state index contributed by atoms with van der Waals surface area (Å²) in [5, 5.41) is 2.97. The van der Waals surface area contributed by atoms with E-state index in [1.807, 2.05) is 27.7 Å². The van der Waals surface area contributed by atoms with Crippen molar-refractivity contribution < 1.29 is 22.7 Å². The van der Waals surface area contributed by atoms with Gasteiger partial charge in [0.15, 0.2) is 11.5 Å². The lowest BCUT2D eigenvalue weighted by Crippen LogP contribution is -2.48. The van der Waals surface area contributed by atoms with Crippen molar-refractivity contribution in [1.29, 1.82) is 0 Å². The molecule has 1 aliphatic rings. The maximum absolute atomic E-state index is 12.6. The number of fused-ring (bicyclic) bond motifs is 1. The number of carbonyl (C=O) groups excluding carboxylic acids is 1. The van der Waals surface area contributed by atoms with E-state index in [1.54, 1.807) is 25.1 Å². The van der Waals surface area contributed by atoms with E-state index >= 15 is 0 Å². The van der Waals surface area contributed by atoms with E-state index in [2.05, 4.69) is 5.32 Å². The standard InChI is InChI=1S/C19H30N2O5S/c1-6-27(23,24)21(12-18(22)20-19(13(2)3)14(4)5)15-7-8-16-17(11-15)26-10-9-25-16/h7-8,11,13-14,19H,6,9-10,12H2,1-5H3,(H,20,22). The van der Waals surface area contributed by atoms with Crippen LogP contribution in [0.25, 0.3) is 0 Å². The zero-order valence-electron chi connectivity index (χ0n) is 16.7. The van der Waals surface area contributed by atoms with Crippen molar-refractivity contribution >= 4 is 21.6 Å². The number of carbonyl (C=O) groups is 1. The Morgan fingerprint density at radius 1 is 1.11 bits per heavy atom. The molecule has 0 atom stereocenters. The number of amides is 1. The summed E-state index contributed by atoms with van der Waals surface area (Å²) in [7, 11) is -3.64. The molecule has 1 heterocycles. The van der Waals surface area contributed by atoms with Crippen LogP contribution in [-0.4, -0.2) is 45.9 Å². The third kappa shape index (κ3) is 5.28. The van der Waals surface area contributed by atoms with E-state index in [-0.39, 0.29) is 36.1 Å². The molecule has 0 radical (unpaired) electrons. The highest BCUT2D eigenvalue weighted by molar-refractivity contribution is 7.92. The van der Waals surface area contributed by atoms with Crippen molar-refractivity contribution in [3.8, 4) is 11.5 Å². The molecule has 8 heteroatoms. The van der Waals surface area contributed by atoms with Gasteiger partial charge in [-0.15, -0.1) is 0 Å². The first-order valence-electron chi connectivity index (χ1n) is 9.35. The van der Waals surface area contributed by atoms with Crippen molar-refractivity contribution in [2.24, 2.45) is 11.8 Å². The van der Waals surface area contributed by atoms with Gasteiger partial charge in [0.1, 0.15) is 19.8 Å². The predicted molar refractivity (Wildman–Crippen MR) is 106 cm³/mol. The Morgan fingerprint density at radius 3 is 2.26 bits per heavy atom. The molecule has 2 rings (SSSR count). The quantitative estimate of drug-likeness (QED) is 0.727. The number of ether oxygens (including phenoxy) is 2. The maximum Gasteiger partial charge on any atom is 0.241 e. The predicted octanol–water partition coefficient (Wildman–Crippen LogP) is 2.41. The highest BCUT2D eigenvalue weighted by Gasteiger charge is 2.27. The molecule has 0 fully saturated rings. The minimum atomic E-state index is -3.64. The molecule has 0 bridgehead atoms. The van der Waals surface area contributed by atoms with Crippen LogP contribution in [0, 0.1) is 11.8 Å². The Bertz CT molecular complexity index is 753. The number of anilines is 1. The fourth-order valence-corrected chi connectivity index (χ4v) is 4.22. The average molecular weight is 399 g/mol. The van der Waals surface area contributed by atoms with Gasteiger partial charge in [0, 0.05) is 12.1 Å². The van der Waals surface area contributed by atoms with Gasteiger partial charge in [0.25, 0.3) is 0 Å². The monoisotopic (exact) mass is 398 g/mol. The van der Waals surface area contributed by atoms with Crippen molar-refractivity contribution in [3.63, 3.8) is 0 Å². The Kier molecular flexibility index (Phi) is 6.97. The zero-order chi connectivity index (χ0) is 20.2. The van der Waals surface area contributed by atoms with Crippen molar-refractivity contribution in [3.05, 3.63) is 18.2 Å². The first-order valence-corrected chi connectivity index (χ1v) is 11.0. The zero-order valence-corrected chi connectivity index (χ0v) is 17.5. The van der Waals surface area contributed by atoms with E-state index in [9.17, 15) is 13.2 Å². The van der Waals surface area contributed by atoms with Gasteiger partial charge < -0.3 is 14.8 Å². The maximum atomic E-state index is 12.6. The van der Waals surface area contributed by atoms with E-state index in [0.29, 0.717) is 30.4 Å². The number of benzene rings is 1. The summed E-state index contributed by atoms with van der Waals surface area (Å²) in [6.45, 7) is 10.3. The SMILES string of the molecule is CCS(=O)(=O)N(CC(=O)NC(C(C)C)C(C)C)c1ccc2c(c1)OCCO2. The van der Waals surface area contributed by atoms with Gasteiger partial charge in [-0.05, 0) is 30.9 Å². The molecule has 1 amide bonds. The summed E-state index contributed by atoms with van der Waals surface area (Å²) in [4.78, 5) is 12.6. The van der Waals surface area contributed by atoms with Crippen LogP contribution in [0.1, 0.15) is 34.6 Å². The first kappa shape index (κ1) is 21.3. The van der Waals surface area contributed by atoms with Crippen LogP contribution in [0.5, 0.6) is 11.5 Å². The molecule has 0 spiro atoms. The van der Waals surface area contributed by atoms with Gasteiger partial charge >= 0.3 is 0 Å². The lowest BCUT2D eigenvalue weighted by Gasteiger charge is -2.29. The van der Waals surface area contributed by atoms with Gasteiger partial charge in [-0.25, -0.2) is 8.42 Å². The Labute approximate surface area is 162 Å². The molecule has 1 aliphatic heterocycles. The molecule has 1 N–H and O–H groups in total. The third-order valence-corrected chi connectivity index (χ3v) is 6.31. The van der Waals surface area contributed by atoms with E-state index in [0.717, 1.165) is 4.31 Å². The van der Waals surface area contributed by atoms with Gasteiger partial charge in [-0.1, -0.05) is 27.7 Å². The first-order chi connectivity index (χ1) is 12.7. The van der Waals surface area contributed by atoms with Crippen molar-refractivity contribution in [2.45, 2.75) is 40.7 Å². The van der Waals surface area contributed by atoms with E-state index in [1.165, 1.54) is 0 Å². The van der Waals surface area contributed by atoms with E-state index in [4.69, 9.17) is 9.47 Å². The Morgan fingerprint density at radius 2 is 1.70 bits per heavy atom. The van der Waals surface area contributed by atoms with Crippen molar-refractivity contribution in [1.82, 2.24) is 5.32 Å². The molecule has 0 saturated heterocycles. The largest absolute Gasteiger partial charge is 0.486 e. The molecule has 1 aromatic rings. The van der Waals surface area contributed by atoms with Crippen LogP contribution < -0.4 is 19.1 Å². The molecule has 27 heavy (non-hydrogen) atoms. The van der Waals surface area contributed by atoms with Crippen LogP contribution in [0.2, 0.25) is 0 Å². The van der Waals surface area contributed by atoms with E-state index < -0.39 is 10.0 Å². The number of nitrogens with zero attached hydrogens (tertiary/aromatic N) is 1. The summed E-state index contributed by atoms with van der Waals surface area (Å²) in [5.41, 5.74) is 0.391. The molecule has 0 saturated carbocycles. The summed E-state index contributed by atoms with van der Waals surface area (Å²) in [6, 6.07) is 4.89. The normalized spacial score (nSPS) is 13.9. The van der Waals surface area contributed by atoms with Crippen LogP contribution in [0.3, 0.4) is 0 Å². The van der Waals surface area contributed by atoms with Gasteiger partial charge in [-0.2, -0.15) is 0 Å². The van der Waals surface area contributed by atoms with Crippen LogP contribution >= 0.6 is 0 Å². The minimum Gasteiger partial charge on any atom is -0.486 e. The van der Waals surface area contributed by atoms with Crippen LogP contribution in [-0.2, 0) is 14.8 Å². The highest BCUT2D eigenvalue weighted by atomic mass is 32.2. The summed E-state index contributed by atoms with van der Waals surface area (Å²) < 4.78 is 37.4. The molecule has 0 unspecified atom stereocenters. The number of hydrogen-bond donors (Lipinski definition) is 1. The molecule has 7 nitrogen and oxygen atoms in total. The molecular formula is C19H30N2O5S. The van der Waals surface area contributed by atoms with Crippen LogP contribution in [0.15, 0.2) is 18.2 Å². The minimum absolute atomic E-state index is 0.0241. The number of nitrogens with one attached hydrogen (secondary N) is 1. The molecule has 1 aromatic carbocycles. The molecule has 0 aromatic heterocycles. The topological polar surface area (TPSA) is 84.9 Å². The fraction of sp³-hybridized carbons (Fsp3) is 0.632. The van der Waals surface area contributed by atoms with Gasteiger partial charge in [0.2, 0.25) is 15.9 Å². The average Bonchev–Trinajstić information content (AvgIpc) is 2.63. The molecule has 0 aliphatic carbocycles. The van der Waals surface area contributed by atoms with Gasteiger partial charge in [-0.3, -0.25) is 9.10 Å². The fourth-order valence-electron chi connectivity index (χ4n) is 3.16. The lowest BCUT2D eigenvalue weighted by atomic mass is 9.93. The Hall–Kier alpha value is -1.96. The Balaban J connectivity index is 2.27. The lowest BCUT2D eigenvalue weighted by molar-refractivity contribution is -0.121. The summed E-state index contributed by atoms with van der Waals surface area (Å²) >= 11 is 0. The van der Waals surface area contributed by atoms with Crippen LogP contribution in [0.4, 0.5) is 5.69 Å². The second-order valence-electron chi connectivity index (χ2n) is 7.32. The number of sulfonamides is 1. The molecular weight excluding hydrogens is 368 g/mol. The third-order valence-electron chi connectivity index (χ3n) is 4.57. The highest BCUT2D eigenvalue weighted by Crippen LogP contribution is 2.34. The van der Waals surface area contributed by atoms with Crippen molar-refractivity contribution in [2.75, 3.05) is 29.8 Å².